The van der Waals surface area contributed by atoms with Crippen LogP contribution in [0, 0.1) is 0 Å². The van der Waals surface area contributed by atoms with Gasteiger partial charge in [-0.3, -0.25) is 0 Å². The largest absolute Gasteiger partial charge is 0.388 e. The number of hydrogen-bond acceptors (Lipinski definition) is 2. The molecule has 0 saturated carbocycles. The number of aliphatic hydroxyl groups excluding tert-OH is 1. The van der Waals surface area contributed by atoms with Gasteiger partial charge >= 0.3 is 0 Å². The molecule has 3 N–H and O–H groups in total. The average Bonchev–Trinajstić information content (AvgIpc) is 3.11. The molecule has 2 aromatic carbocycles. The van der Waals surface area contributed by atoms with Crippen LogP contribution in [0.25, 0.3) is 33.1 Å². The van der Waals surface area contributed by atoms with Gasteiger partial charge in [-0.15, -0.1) is 0 Å². The Morgan fingerprint density at radius 3 is 2.90 bits per heavy atom. The monoisotopic (exact) mass is 263 g/mol. The highest BCUT2D eigenvalue weighted by atomic mass is 16.3. The van der Waals surface area contributed by atoms with Crippen LogP contribution in [0.15, 0.2) is 48.7 Å². The lowest BCUT2D eigenvalue weighted by Crippen LogP contribution is -1.83. The average molecular weight is 263 g/mol. The Hall–Kier alpha value is -2.59. The van der Waals surface area contributed by atoms with Crippen molar-refractivity contribution in [2.75, 3.05) is 0 Å². The number of aliphatic hydroxyl groups is 1. The van der Waals surface area contributed by atoms with Crippen LogP contribution in [0.1, 0.15) is 5.82 Å². The van der Waals surface area contributed by atoms with Gasteiger partial charge in [0.05, 0.1) is 11.0 Å². The summed E-state index contributed by atoms with van der Waals surface area (Å²) in [4.78, 5) is 10.7. The van der Waals surface area contributed by atoms with E-state index in [1.807, 2.05) is 18.3 Å². The van der Waals surface area contributed by atoms with E-state index < -0.39 is 0 Å². The molecular formula is C16H13N3O. The summed E-state index contributed by atoms with van der Waals surface area (Å²) in [5.74, 6) is 0.594. The maximum atomic E-state index is 9.14. The lowest BCUT2D eigenvalue weighted by atomic mass is 10.0. The van der Waals surface area contributed by atoms with E-state index in [1.54, 1.807) is 0 Å². The first kappa shape index (κ1) is 11.3. The maximum Gasteiger partial charge on any atom is 0.133 e. The number of rotatable bonds is 2. The summed E-state index contributed by atoms with van der Waals surface area (Å²) in [5, 5.41) is 10.3. The number of hydrogen-bond donors (Lipinski definition) is 3. The van der Waals surface area contributed by atoms with E-state index in [1.165, 1.54) is 10.9 Å². The number of H-pyrrole nitrogens is 2. The van der Waals surface area contributed by atoms with Crippen molar-refractivity contribution < 1.29 is 5.11 Å². The van der Waals surface area contributed by atoms with Gasteiger partial charge < -0.3 is 15.1 Å². The van der Waals surface area contributed by atoms with Crippen LogP contribution >= 0.6 is 0 Å². The maximum absolute atomic E-state index is 9.14. The molecule has 0 radical (unpaired) electrons. The molecular weight excluding hydrogens is 250 g/mol. The topological polar surface area (TPSA) is 64.7 Å². The molecule has 0 aliphatic carbocycles. The number of imidazole rings is 1. The minimum Gasteiger partial charge on any atom is -0.388 e. The van der Waals surface area contributed by atoms with E-state index in [0.717, 1.165) is 22.1 Å². The summed E-state index contributed by atoms with van der Waals surface area (Å²) < 4.78 is 0. The SMILES string of the molecule is OCc1nc2ccc(-c3cccc4[nH]ccc34)cc2[nH]1. The Bertz CT molecular complexity index is 904. The highest BCUT2D eigenvalue weighted by Crippen LogP contribution is 2.29. The molecule has 0 saturated heterocycles. The zero-order valence-electron chi connectivity index (χ0n) is 10.7. The molecule has 4 aromatic rings. The Labute approximate surface area is 115 Å². The summed E-state index contributed by atoms with van der Waals surface area (Å²) in [7, 11) is 0. The predicted molar refractivity (Wildman–Crippen MR) is 79.3 cm³/mol. The number of nitrogens with one attached hydrogen (secondary N) is 2. The van der Waals surface area contributed by atoms with Crippen LogP contribution < -0.4 is 0 Å². The van der Waals surface area contributed by atoms with Gasteiger partial charge in [0.25, 0.3) is 0 Å². The summed E-state index contributed by atoms with van der Waals surface area (Å²) in [6, 6.07) is 14.4. The van der Waals surface area contributed by atoms with E-state index in [4.69, 9.17) is 5.11 Å². The van der Waals surface area contributed by atoms with Crippen LogP contribution in [-0.4, -0.2) is 20.1 Å². The lowest BCUT2D eigenvalue weighted by molar-refractivity contribution is 0.273. The normalized spacial score (nSPS) is 11.4. The molecule has 0 bridgehead atoms. The van der Waals surface area contributed by atoms with Crippen LogP contribution in [0.3, 0.4) is 0 Å². The van der Waals surface area contributed by atoms with Gasteiger partial charge in [-0.25, -0.2) is 4.98 Å². The summed E-state index contributed by atoms with van der Waals surface area (Å²) in [6.45, 7) is -0.0720. The first-order valence-corrected chi connectivity index (χ1v) is 6.51. The molecule has 20 heavy (non-hydrogen) atoms. The third-order valence-corrected chi connectivity index (χ3v) is 3.59. The van der Waals surface area contributed by atoms with E-state index >= 15 is 0 Å². The second-order valence-electron chi connectivity index (χ2n) is 4.82. The van der Waals surface area contributed by atoms with Crippen molar-refractivity contribution in [2.24, 2.45) is 0 Å². The highest BCUT2D eigenvalue weighted by Gasteiger charge is 2.07. The van der Waals surface area contributed by atoms with E-state index in [-0.39, 0.29) is 6.61 Å². The smallest absolute Gasteiger partial charge is 0.133 e. The second-order valence-corrected chi connectivity index (χ2v) is 4.82. The summed E-state index contributed by atoms with van der Waals surface area (Å²) >= 11 is 0. The van der Waals surface area contributed by atoms with E-state index in [0.29, 0.717) is 5.82 Å². The van der Waals surface area contributed by atoms with Crippen LogP contribution in [-0.2, 0) is 6.61 Å². The molecule has 2 aromatic heterocycles. The number of aromatic amines is 2. The third kappa shape index (κ3) is 1.62. The van der Waals surface area contributed by atoms with E-state index in [2.05, 4.69) is 45.3 Å². The van der Waals surface area contributed by atoms with Gasteiger partial charge in [-0.05, 0) is 35.4 Å². The molecule has 4 nitrogen and oxygen atoms in total. The molecule has 0 unspecified atom stereocenters. The second kappa shape index (κ2) is 4.21. The van der Waals surface area contributed by atoms with Crippen molar-refractivity contribution in [2.45, 2.75) is 6.61 Å². The molecule has 98 valence electrons. The summed E-state index contributed by atoms with van der Waals surface area (Å²) in [5.41, 5.74) is 5.27. The van der Waals surface area contributed by atoms with Crippen molar-refractivity contribution >= 4 is 21.9 Å². The van der Waals surface area contributed by atoms with Gasteiger partial charge in [0.2, 0.25) is 0 Å². The van der Waals surface area contributed by atoms with Crippen molar-refractivity contribution in [3.05, 3.63) is 54.5 Å². The molecule has 0 aliphatic heterocycles. The predicted octanol–water partition coefficient (Wildman–Crippen LogP) is 3.20. The number of nitrogens with zero attached hydrogens (tertiary/aromatic N) is 1. The fourth-order valence-corrected chi connectivity index (χ4v) is 2.64. The zero-order valence-corrected chi connectivity index (χ0v) is 10.7. The van der Waals surface area contributed by atoms with Gasteiger partial charge in [-0.1, -0.05) is 18.2 Å². The van der Waals surface area contributed by atoms with Crippen LogP contribution in [0.4, 0.5) is 0 Å². The standard InChI is InChI=1S/C16H13N3O/c20-9-16-18-14-5-4-10(8-15(14)19-16)11-2-1-3-13-12(11)6-7-17-13/h1-8,17,20H,9H2,(H,18,19). The van der Waals surface area contributed by atoms with Crippen molar-refractivity contribution in [1.82, 2.24) is 15.0 Å². The first-order chi connectivity index (χ1) is 9.85. The molecule has 4 rings (SSSR count). The van der Waals surface area contributed by atoms with Gasteiger partial charge in [0.1, 0.15) is 12.4 Å². The highest BCUT2D eigenvalue weighted by molar-refractivity contribution is 5.96. The quantitative estimate of drug-likeness (QED) is 0.520. The molecule has 0 spiro atoms. The molecule has 0 amide bonds. The Morgan fingerprint density at radius 1 is 1.05 bits per heavy atom. The van der Waals surface area contributed by atoms with Crippen LogP contribution in [0.5, 0.6) is 0 Å². The number of aromatic nitrogens is 3. The molecule has 0 fully saturated rings. The lowest BCUT2D eigenvalue weighted by Gasteiger charge is -2.03. The molecule has 0 aliphatic rings. The van der Waals surface area contributed by atoms with Gasteiger partial charge in [0.15, 0.2) is 0 Å². The minimum atomic E-state index is -0.0720. The van der Waals surface area contributed by atoms with Crippen LogP contribution in [0.2, 0.25) is 0 Å². The van der Waals surface area contributed by atoms with Crippen molar-refractivity contribution in [1.29, 1.82) is 0 Å². The fourth-order valence-electron chi connectivity index (χ4n) is 2.64. The number of fused-ring (bicyclic) bond motifs is 2. The Balaban J connectivity index is 1.95. The fraction of sp³-hybridized carbons (Fsp3) is 0.0625. The molecule has 2 heterocycles. The zero-order chi connectivity index (χ0) is 13.5. The van der Waals surface area contributed by atoms with Crippen molar-refractivity contribution in [3.63, 3.8) is 0 Å². The van der Waals surface area contributed by atoms with Gasteiger partial charge in [0, 0.05) is 17.1 Å². The Kier molecular flexibility index (Phi) is 2.37. The Morgan fingerprint density at radius 2 is 2.00 bits per heavy atom. The minimum absolute atomic E-state index is 0.0720. The molecule has 4 heteroatoms. The van der Waals surface area contributed by atoms with E-state index in [9.17, 15) is 0 Å². The van der Waals surface area contributed by atoms with Gasteiger partial charge in [-0.2, -0.15) is 0 Å². The number of benzene rings is 2. The molecule has 0 atom stereocenters. The third-order valence-electron chi connectivity index (χ3n) is 3.59. The summed E-state index contributed by atoms with van der Waals surface area (Å²) in [6.07, 6.45) is 1.95. The first-order valence-electron chi connectivity index (χ1n) is 6.51. The van der Waals surface area contributed by atoms with Crippen molar-refractivity contribution in [3.8, 4) is 11.1 Å².